The summed E-state index contributed by atoms with van der Waals surface area (Å²) in [5.41, 5.74) is 2.53. The summed E-state index contributed by atoms with van der Waals surface area (Å²) in [6, 6.07) is 8.78. The van der Waals surface area contributed by atoms with Crippen LogP contribution in [0.1, 0.15) is 31.7 Å². The Morgan fingerprint density at radius 3 is 2.37 bits per heavy atom. The van der Waals surface area contributed by atoms with E-state index in [1.165, 1.54) is 43.6 Å². The van der Waals surface area contributed by atoms with E-state index in [9.17, 15) is 0 Å². The van der Waals surface area contributed by atoms with Gasteiger partial charge in [-0.05, 0) is 50.6 Å². The first-order valence-electron chi connectivity index (χ1n) is 10.1. The Hall–Kier alpha value is -1.28. The summed E-state index contributed by atoms with van der Waals surface area (Å²) in [6.07, 6.45) is 8.52. The van der Waals surface area contributed by atoms with Crippen molar-refractivity contribution < 1.29 is 0 Å². The van der Waals surface area contributed by atoms with Gasteiger partial charge in [-0.15, -0.1) is 24.0 Å². The van der Waals surface area contributed by atoms with Crippen LogP contribution in [0.4, 0.5) is 5.69 Å². The summed E-state index contributed by atoms with van der Waals surface area (Å²) in [5.74, 6) is 0.914. The number of piperidine rings is 1. The van der Waals surface area contributed by atoms with Crippen molar-refractivity contribution in [2.45, 2.75) is 32.7 Å². The molecule has 0 saturated carbocycles. The van der Waals surface area contributed by atoms with Crippen molar-refractivity contribution in [3.8, 4) is 0 Å². The topological polar surface area (TPSA) is 42.9 Å². The highest BCUT2D eigenvalue weighted by atomic mass is 127. The minimum absolute atomic E-state index is 0. The molecule has 0 bridgehead atoms. The fourth-order valence-corrected chi connectivity index (χ4v) is 3.53. The fourth-order valence-electron chi connectivity index (χ4n) is 3.53. The molecule has 2 N–H and O–H groups in total. The summed E-state index contributed by atoms with van der Waals surface area (Å²) >= 11 is 0. The lowest BCUT2D eigenvalue weighted by molar-refractivity contribution is 0.232. The quantitative estimate of drug-likeness (QED) is 0.271. The van der Waals surface area contributed by atoms with Crippen molar-refractivity contribution in [2.75, 3.05) is 50.7 Å². The van der Waals surface area contributed by atoms with Crippen LogP contribution in [-0.4, -0.2) is 56.7 Å². The molecule has 2 heterocycles. The highest BCUT2D eigenvalue weighted by Gasteiger charge is 2.09. The molecule has 0 radical (unpaired) electrons. The van der Waals surface area contributed by atoms with E-state index in [0.29, 0.717) is 6.54 Å². The van der Waals surface area contributed by atoms with E-state index < -0.39 is 0 Å². The van der Waals surface area contributed by atoms with Crippen molar-refractivity contribution in [1.82, 2.24) is 15.5 Å². The summed E-state index contributed by atoms with van der Waals surface area (Å²) < 4.78 is 0. The molecule has 1 aromatic rings. The van der Waals surface area contributed by atoms with E-state index in [0.717, 1.165) is 38.7 Å². The van der Waals surface area contributed by atoms with Crippen molar-refractivity contribution in [1.29, 1.82) is 0 Å². The Kier molecular flexibility index (Phi) is 9.97. The van der Waals surface area contributed by atoms with Gasteiger partial charge < -0.3 is 20.4 Å². The first kappa shape index (κ1) is 22.0. The van der Waals surface area contributed by atoms with Gasteiger partial charge in [-0.25, -0.2) is 4.99 Å². The molecule has 0 aliphatic carbocycles. The SMILES string of the molecule is CCNC(=NCc1ccc(N2CC=CC2)cc1)NCCN1CCCCC1.I. The Morgan fingerprint density at radius 1 is 1.00 bits per heavy atom. The highest BCUT2D eigenvalue weighted by Crippen LogP contribution is 2.17. The molecular formula is C21H34IN5. The average Bonchev–Trinajstić information content (AvgIpc) is 3.22. The van der Waals surface area contributed by atoms with Crippen LogP contribution in [-0.2, 0) is 6.54 Å². The second kappa shape index (κ2) is 12.2. The zero-order valence-corrected chi connectivity index (χ0v) is 18.8. The van der Waals surface area contributed by atoms with E-state index in [2.05, 4.69) is 63.8 Å². The molecule has 0 amide bonds. The number of benzene rings is 1. The third kappa shape index (κ3) is 7.33. The first-order chi connectivity index (χ1) is 12.8. The Balaban J connectivity index is 0.00000261. The van der Waals surface area contributed by atoms with E-state index >= 15 is 0 Å². The van der Waals surface area contributed by atoms with Crippen LogP contribution in [0.15, 0.2) is 41.4 Å². The van der Waals surface area contributed by atoms with Crippen molar-refractivity contribution >= 4 is 35.6 Å². The minimum atomic E-state index is 0. The Labute approximate surface area is 181 Å². The van der Waals surface area contributed by atoms with Gasteiger partial charge >= 0.3 is 0 Å². The maximum atomic E-state index is 4.74. The molecule has 0 spiro atoms. The second-order valence-corrected chi connectivity index (χ2v) is 7.07. The van der Waals surface area contributed by atoms with Gasteiger partial charge in [-0.2, -0.15) is 0 Å². The van der Waals surface area contributed by atoms with Gasteiger partial charge in [-0.1, -0.05) is 30.7 Å². The molecule has 1 saturated heterocycles. The molecule has 3 rings (SSSR count). The Morgan fingerprint density at radius 2 is 1.70 bits per heavy atom. The van der Waals surface area contributed by atoms with Crippen LogP contribution in [0.2, 0.25) is 0 Å². The van der Waals surface area contributed by atoms with E-state index in [-0.39, 0.29) is 24.0 Å². The number of guanidine groups is 1. The monoisotopic (exact) mass is 483 g/mol. The molecule has 150 valence electrons. The van der Waals surface area contributed by atoms with Gasteiger partial charge in [-0.3, -0.25) is 0 Å². The van der Waals surface area contributed by atoms with Crippen LogP contribution in [0.25, 0.3) is 0 Å². The Bertz CT molecular complexity index is 585. The lowest BCUT2D eigenvalue weighted by atomic mass is 10.1. The summed E-state index contributed by atoms with van der Waals surface area (Å²) in [7, 11) is 0. The number of likely N-dealkylation sites (tertiary alicyclic amines) is 1. The van der Waals surface area contributed by atoms with Crippen LogP contribution in [0, 0.1) is 0 Å². The molecule has 1 fully saturated rings. The molecule has 6 heteroatoms. The maximum Gasteiger partial charge on any atom is 0.191 e. The predicted octanol–water partition coefficient (Wildman–Crippen LogP) is 3.22. The van der Waals surface area contributed by atoms with Gasteiger partial charge in [0.1, 0.15) is 0 Å². The third-order valence-electron chi connectivity index (χ3n) is 5.05. The third-order valence-corrected chi connectivity index (χ3v) is 5.05. The van der Waals surface area contributed by atoms with Crippen LogP contribution in [0.5, 0.6) is 0 Å². The number of halogens is 1. The van der Waals surface area contributed by atoms with Crippen LogP contribution >= 0.6 is 24.0 Å². The number of aliphatic imine (C=N–C) groups is 1. The number of nitrogens with zero attached hydrogens (tertiary/aromatic N) is 3. The molecule has 2 aliphatic heterocycles. The zero-order valence-electron chi connectivity index (χ0n) is 16.5. The van der Waals surface area contributed by atoms with Gasteiger partial charge in [0.25, 0.3) is 0 Å². The standard InChI is InChI=1S/C21H33N5.HI/c1-2-22-21(23-12-17-25-13-4-3-5-14-25)24-18-19-8-10-20(11-9-19)26-15-6-7-16-26;/h6-11H,2-5,12-18H2,1H3,(H2,22,23,24);1H. The minimum Gasteiger partial charge on any atom is -0.364 e. The smallest absolute Gasteiger partial charge is 0.191 e. The maximum absolute atomic E-state index is 4.74. The van der Waals surface area contributed by atoms with Gasteiger partial charge in [0, 0.05) is 38.4 Å². The molecule has 0 aromatic heterocycles. The largest absolute Gasteiger partial charge is 0.364 e. The first-order valence-corrected chi connectivity index (χ1v) is 10.1. The summed E-state index contributed by atoms with van der Waals surface area (Å²) in [6.45, 7) is 10.3. The second-order valence-electron chi connectivity index (χ2n) is 7.07. The molecule has 1 aromatic carbocycles. The normalized spacial score (nSPS) is 17.7. The van der Waals surface area contributed by atoms with Crippen LogP contribution in [0.3, 0.4) is 0 Å². The highest BCUT2D eigenvalue weighted by molar-refractivity contribution is 14.0. The van der Waals surface area contributed by atoms with E-state index in [1.54, 1.807) is 0 Å². The zero-order chi connectivity index (χ0) is 18.0. The molecule has 0 unspecified atom stereocenters. The van der Waals surface area contributed by atoms with Crippen LogP contribution < -0.4 is 15.5 Å². The molecule has 5 nitrogen and oxygen atoms in total. The van der Waals surface area contributed by atoms with Gasteiger partial charge in [0.05, 0.1) is 6.54 Å². The van der Waals surface area contributed by atoms with E-state index in [1.807, 2.05) is 0 Å². The van der Waals surface area contributed by atoms with E-state index in [4.69, 9.17) is 4.99 Å². The van der Waals surface area contributed by atoms with Gasteiger partial charge in [0.15, 0.2) is 5.96 Å². The average molecular weight is 483 g/mol. The van der Waals surface area contributed by atoms with Crippen molar-refractivity contribution in [3.63, 3.8) is 0 Å². The lowest BCUT2D eigenvalue weighted by Crippen LogP contribution is -2.42. The molecule has 27 heavy (non-hydrogen) atoms. The fraction of sp³-hybridized carbons (Fsp3) is 0.571. The summed E-state index contributed by atoms with van der Waals surface area (Å²) in [5, 5.41) is 6.83. The lowest BCUT2D eigenvalue weighted by Gasteiger charge is -2.26. The number of rotatable bonds is 7. The molecule has 2 aliphatic rings. The summed E-state index contributed by atoms with van der Waals surface area (Å²) in [4.78, 5) is 9.65. The number of nitrogens with one attached hydrogen (secondary N) is 2. The predicted molar refractivity (Wildman–Crippen MR) is 126 cm³/mol. The molecular weight excluding hydrogens is 449 g/mol. The van der Waals surface area contributed by atoms with Gasteiger partial charge in [0.2, 0.25) is 0 Å². The van der Waals surface area contributed by atoms with Crippen molar-refractivity contribution in [3.05, 3.63) is 42.0 Å². The molecule has 0 atom stereocenters. The number of hydrogen-bond acceptors (Lipinski definition) is 3. The number of hydrogen-bond donors (Lipinski definition) is 2. The van der Waals surface area contributed by atoms with Crippen molar-refractivity contribution in [2.24, 2.45) is 4.99 Å². The number of anilines is 1.